The molecule has 2 amide bonds. The van der Waals surface area contributed by atoms with E-state index in [1.54, 1.807) is 6.07 Å². The lowest BCUT2D eigenvalue weighted by Gasteiger charge is -2.26. The Hall–Kier alpha value is -2.60. The minimum atomic E-state index is -0.246. The number of para-hydroxylation sites is 1. The van der Waals surface area contributed by atoms with Gasteiger partial charge < -0.3 is 24.8 Å². The van der Waals surface area contributed by atoms with Gasteiger partial charge >= 0.3 is 6.03 Å². The molecular weight excluding hydrogens is 356 g/mol. The second-order valence-corrected chi connectivity index (χ2v) is 6.66. The first-order valence-electron chi connectivity index (χ1n) is 8.52. The third-order valence-electron chi connectivity index (χ3n) is 4.32. The van der Waals surface area contributed by atoms with E-state index in [0.717, 1.165) is 23.3 Å². The molecule has 6 nitrogen and oxygen atoms in total. The van der Waals surface area contributed by atoms with Crippen LogP contribution in [0.15, 0.2) is 36.4 Å². The molecule has 7 heteroatoms. The number of halogens is 1. The van der Waals surface area contributed by atoms with Gasteiger partial charge in [-0.05, 0) is 35.7 Å². The predicted octanol–water partition coefficient (Wildman–Crippen LogP) is 2.91. The molecule has 0 aliphatic carbocycles. The average Bonchev–Trinajstić information content (AvgIpc) is 2.66. The Morgan fingerprint density at radius 3 is 2.88 bits per heavy atom. The predicted molar refractivity (Wildman–Crippen MR) is 97.2 cm³/mol. The summed E-state index contributed by atoms with van der Waals surface area (Å²) in [5, 5.41) is 6.27. The van der Waals surface area contributed by atoms with Gasteiger partial charge in [-0.1, -0.05) is 29.8 Å². The molecule has 2 N–H and O–H groups in total. The lowest BCUT2D eigenvalue weighted by atomic mass is 10.0. The Morgan fingerprint density at radius 1 is 1.12 bits per heavy atom. The third-order valence-corrected chi connectivity index (χ3v) is 4.60. The van der Waals surface area contributed by atoms with Crippen molar-refractivity contribution in [2.75, 3.05) is 19.8 Å². The Balaban J connectivity index is 1.33. The van der Waals surface area contributed by atoms with Gasteiger partial charge in [0.15, 0.2) is 11.5 Å². The zero-order valence-corrected chi connectivity index (χ0v) is 14.8. The van der Waals surface area contributed by atoms with E-state index < -0.39 is 0 Å². The van der Waals surface area contributed by atoms with Gasteiger partial charge in [-0.25, -0.2) is 4.79 Å². The number of carbonyl (C=O) groups is 1. The van der Waals surface area contributed by atoms with Crippen LogP contribution in [0.1, 0.15) is 11.1 Å². The molecule has 2 heterocycles. The molecular formula is C19H19ClN2O4. The van der Waals surface area contributed by atoms with E-state index in [1.807, 2.05) is 30.3 Å². The van der Waals surface area contributed by atoms with Crippen LogP contribution >= 0.6 is 11.6 Å². The lowest BCUT2D eigenvalue weighted by molar-refractivity contribution is 0.171. The molecule has 26 heavy (non-hydrogen) atoms. The van der Waals surface area contributed by atoms with E-state index in [2.05, 4.69) is 10.6 Å². The molecule has 0 fully saturated rings. The van der Waals surface area contributed by atoms with Gasteiger partial charge in [0.05, 0.1) is 11.1 Å². The molecule has 4 rings (SSSR count). The molecule has 2 aliphatic rings. The standard InChI is InChI=1S/C19H19ClN2O4/c20-15-7-12(8-17-18(15)25-6-5-24-17)10-21-19(23)22-14-9-13-3-1-2-4-16(13)26-11-14/h1-4,7-8,14H,5-6,9-11H2,(H2,21,22,23)/t14-/m1/s1. The summed E-state index contributed by atoms with van der Waals surface area (Å²) in [6.07, 6.45) is 0.749. The van der Waals surface area contributed by atoms with E-state index >= 15 is 0 Å². The summed E-state index contributed by atoms with van der Waals surface area (Å²) < 4.78 is 16.7. The van der Waals surface area contributed by atoms with Crippen molar-refractivity contribution in [3.05, 3.63) is 52.5 Å². The Bertz CT molecular complexity index is 827. The summed E-state index contributed by atoms with van der Waals surface area (Å²) in [5.41, 5.74) is 1.95. The van der Waals surface area contributed by atoms with Gasteiger partial charge in [0.1, 0.15) is 25.6 Å². The van der Waals surface area contributed by atoms with Crippen LogP contribution in [0.4, 0.5) is 4.79 Å². The fourth-order valence-electron chi connectivity index (χ4n) is 3.11. The van der Waals surface area contributed by atoms with Crippen molar-refractivity contribution in [2.24, 2.45) is 0 Å². The van der Waals surface area contributed by atoms with Crippen molar-refractivity contribution in [1.29, 1.82) is 0 Å². The molecule has 2 aromatic rings. The van der Waals surface area contributed by atoms with Crippen molar-refractivity contribution >= 4 is 17.6 Å². The molecule has 0 radical (unpaired) electrons. The Labute approximate surface area is 156 Å². The summed E-state index contributed by atoms with van der Waals surface area (Å²) in [6.45, 7) is 1.77. The van der Waals surface area contributed by atoms with Crippen molar-refractivity contribution in [3.8, 4) is 17.2 Å². The highest BCUT2D eigenvalue weighted by Crippen LogP contribution is 2.38. The van der Waals surface area contributed by atoms with E-state index in [-0.39, 0.29) is 12.1 Å². The maximum absolute atomic E-state index is 12.2. The van der Waals surface area contributed by atoms with Gasteiger partial charge in [0.25, 0.3) is 0 Å². The van der Waals surface area contributed by atoms with Crippen molar-refractivity contribution in [1.82, 2.24) is 10.6 Å². The number of urea groups is 1. The smallest absolute Gasteiger partial charge is 0.315 e. The highest BCUT2D eigenvalue weighted by Gasteiger charge is 2.21. The zero-order chi connectivity index (χ0) is 17.9. The van der Waals surface area contributed by atoms with Gasteiger partial charge in [-0.15, -0.1) is 0 Å². The minimum absolute atomic E-state index is 0.0613. The molecule has 0 spiro atoms. The summed E-state index contributed by atoms with van der Waals surface area (Å²) in [7, 11) is 0. The first kappa shape index (κ1) is 16.8. The second-order valence-electron chi connectivity index (χ2n) is 6.25. The number of carbonyl (C=O) groups excluding carboxylic acids is 1. The van der Waals surface area contributed by atoms with E-state index in [0.29, 0.717) is 42.9 Å². The Kier molecular flexibility index (Phi) is 4.75. The molecule has 2 aliphatic heterocycles. The van der Waals surface area contributed by atoms with E-state index in [1.165, 1.54) is 0 Å². The lowest BCUT2D eigenvalue weighted by Crippen LogP contribution is -2.47. The molecule has 0 unspecified atom stereocenters. The SMILES string of the molecule is O=C(NCc1cc(Cl)c2c(c1)OCCO2)N[C@H]1COc2ccccc2C1. The first-order chi connectivity index (χ1) is 12.7. The summed E-state index contributed by atoms with van der Waals surface area (Å²) in [6, 6.07) is 11.2. The number of hydrogen-bond acceptors (Lipinski definition) is 4. The quantitative estimate of drug-likeness (QED) is 0.866. The number of rotatable bonds is 3. The van der Waals surface area contributed by atoms with Gasteiger partial charge in [0.2, 0.25) is 0 Å². The fourth-order valence-corrected chi connectivity index (χ4v) is 3.39. The van der Waals surface area contributed by atoms with Gasteiger partial charge in [-0.3, -0.25) is 0 Å². The highest BCUT2D eigenvalue weighted by atomic mass is 35.5. The maximum Gasteiger partial charge on any atom is 0.315 e. The number of benzene rings is 2. The van der Waals surface area contributed by atoms with Crippen LogP contribution in [0, 0.1) is 0 Å². The van der Waals surface area contributed by atoms with Crippen LogP contribution in [-0.2, 0) is 13.0 Å². The first-order valence-corrected chi connectivity index (χ1v) is 8.90. The van der Waals surface area contributed by atoms with Crippen LogP contribution in [-0.4, -0.2) is 31.9 Å². The van der Waals surface area contributed by atoms with Crippen LogP contribution in [0.3, 0.4) is 0 Å². The minimum Gasteiger partial charge on any atom is -0.491 e. The monoisotopic (exact) mass is 374 g/mol. The second kappa shape index (κ2) is 7.33. The number of hydrogen-bond donors (Lipinski definition) is 2. The number of ether oxygens (including phenoxy) is 3. The van der Waals surface area contributed by atoms with E-state index in [9.17, 15) is 4.79 Å². The van der Waals surface area contributed by atoms with Crippen LogP contribution < -0.4 is 24.8 Å². The van der Waals surface area contributed by atoms with Crippen LogP contribution in [0.2, 0.25) is 5.02 Å². The maximum atomic E-state index is 12.2. The molecule has 0 aromatic heterocycles. The zero-order valence-electron chi connectivity index (χ0n) is 14.1. The fraction of sp³-hybridized carbons (Fsp3) is 0.316. The van der Waals surface area contributed by atoms with Crippen LogP contribution in [0.5, 0.6) is 17.2 Å². The molecule has 0 saturated carbocycles. The number of nitrogens with one attached hydrogen (secondary N) is 2. The normalized spacial score (nSPS) is 17.7. The van der Waals surface area contributed by atoms with Crippen LogP contribution in [0.25, 0.3) is 0 Å². The third kappa shape index (κ3) is 3.65. The summed E-state index contributed by atoms with van der Waals surface area (Å²) >= 11 is 6.22. The average molecular weight is 375 g/mol. The highest BCUT2D eigenvalue weighted by molar-refractivity contribution is 6.32. The number of amides is 2. The molecule has 0 saturated heterocycles. The molecule has 0 bridgehead atoms. The van der Waals surface area contributed by atoms with Gasteiger partial charge in [0, 0.05) is 6.54 Å². The van der Waals surface area contributed by atoms with Crippen molar-refractivity contribution < 1.29 is 19.0 Å². The van der Waals surface area contributed by atoms with E-state index in [4.69, 9.17) is 25.8 Å². The van der Waals surface area contributed by atoms with Crippen molar-refractivity contribution in [3.63, 3.8) is 0 Å². The molecule has 1 atom stereocenters. The Morgan fingerprint density at radius 2 is 1.96 bits per heavy atom. The summed E-state index contributed by atoms with van der Waals surface area (Å²) in [5.74, 6) is 2.05. The topological polar surface area (TPSA) is 68.8 Å². The molecule has 136 valence electrons. The van der Waals surface area contributed by atoms with Crippen molar-refractivity contribution in [2.45, 2.75) is 19.0 Å². The summed E-state index contributed by atoms with van der Waals surface area (Å²) in [4.78, 5) is 12.2. The van der Waals surface area contributed by atoms with Gasteiger partial charge in [-0.2, -0.15) is 0 Å². The largest absolute Gasteiger partial charge is 0.491 e. The molecule has 2 aromatic carbocycles. The number of fused-ring (bicyclic) bond motifs is 2.